The van der Waals surface area contributed by atoms with Gasteiger partial charge in [-0.05, 0) is 5.56 Å². The maximum atomic E-state index is 11.0. The van der Waals surface area contributed by atoms with Gasteiger partial charge in [0, 0.05) is 5.92 Å². The predicted octanol–water partition coefficient (Wildman–Crippen LogP) is 0.375. The molecule has 0 aliphatic heterocycles. The minimum Gasteiger partial charge on any atom is -0.480 e. The summed E-state index contributed by atoms with van der Waals surface area (Å²) >= 11 is 0. The number of aliphatic carboxylic acids is 1. The molecule has 0 amide bonds. The van der Waals surface area contributed by atoms with Gasteiger partial charge in [-0.2, -0.15) is 0 Å². The Labute approximate surface area is 94.9 Å². The first-order valence-electron chi connectivity index (χ1n) is 5.11. The maximum Gasteiger partial charge on any atom is 0.320 e. The van der Waals surface area contributed by atoms with Crippen LogP contribution < -0.4 is 5.23 Å². The molecule has 1 rings (SSSR count). The molecule has 0 spiro atoms. The third kappa shape index (κ3) is 3.20. The number of nitrogens with one attached hydrogen (secondary N) is 1. The Morgan fingerprint density at radius 2 is 2.06 bits per heavy atom. The Balaban J connectivity index is 2.78. The molecule has 2 N–H and O–H groups in total. The highest BCUT2D eigenvalue weighted by Gasteiger charge is 2.24. The van der Waals surface area contributed by atoms with Gasteiger partial charge in [0.15, 0.2) is 0 Å². The quantitative estimate of drug-likeness (QED) is 0.536. The van der Waals surface area contributed by atoms with Gasteiger partial charge in [0.05, 0.1) is 6.19 Å². The van der Waals surface area contributed by atoms with Crippen molar-refractivity contribution in [3.05, 3.63) is 35.9 Å². The lowest BCUT2D eigenvalue weighted by Gasteiger charge is -2.20. The van der Waals surface area contributed by atoms with Crippen molar-refractivity contribution < 1.29 is 14.7 Å². The van der Waals surface area contributed by atoms with E-state index in [1.54, 1.807) is 0 Å². The largest absolute Gasteiger partial charge is 0.480 e. The van der Waals surface area contributed by atoms with Crippen LogP contribution in [0.1, 0.15) is 18.4 Å². The molecular weight excluding hydrogens is 205 g/mol. The maximum absolute atomic E-state index is 11.0. The third-order valence-electron chi connectivity index (χ3n) is 2.51. The van der Waals surface area contributed by atoms with Crippen LogP contribution in [0.5, 0.6) is 0 Å². The molecule has 1 aromatic rings. The van der Waals surface area contributed by atoms with Crippen LogP contribution in [0.15, 0.2) is 30.3 Å². The standard InChI is InChI=1S/C11H14BNO3/c1-8(9-5-3-2-4-6-9)10(11(15)16)13-12-7-14/h2-8,10,12-13H,1H3,(H,15,16)/t8-,10-/m0/s1. The minimum atomic E-state index is -0.946. The van der Waals surface area contributed by atoms with E-state index in [1.807, 2.05) is 37.3 Å². The summed E-state index contributed by atoms with van der Waals surface area (Å²) in [4.78, 5) is 21.3. The fourth-order valence-electron chi connectivity index (χ4n) is 1.60. The van der Waals surface area contributed by atoms with Crippen molar-refractivity contribution in [2.45, 2.75) is 18.9 Å². The average molecular weight is 219 g/mol. The second-order valence-electron chi connectivity index (χ2n) is 3.59. The molecule has 4 nitrogen and oxygen atoms in total. The van der Waals surface area contributed by atoms with E-state index < -0.39 is 12.0 Å². The van der Waals surface area contributed by atoms with Crippen molar-refractivity contribution in [3.63, 3.8) is 0 Å². The van der Waals surface area contributed by atoms with Gasteiger partial charge >= 0.3 is 5.97 Å². The van der Waals surface area contributed by atoms with E-state index in [0.717, 1.165) is 5.56 Å². The Morgan fingerprint density at radius 1 is 1.44 bits per heavy atom. The molecule has 0 aromatic heterocycles. The summed E-state index contributed by atoms with van der Waals surface area (Å²) in [6, 6.07) is 8.62. The predicted molar refractivity (Wildman–Crippen MR) is 63.3 cm³/mol. The van der Waals surface area contributed by atoms with Crippen LogP contribution in [0.3, 0.4) is 0 Å². The van der Waals surface area contributed by atoms with Crippen LogP contribution in [0.2, 0.25) is 0 Å². The summed E-state index contributed by atoms with van der Waals surface area (Å²) in [5, 5.41) is 11.8. The molecule has 0 aliphatic carbocycles. The lowest BCUT2D eigenvalue weighted by atomic mass is 9.88. The average Bonchev–Trinajstić information content (AvgIpc) is 2.30. The highest BCUT2D eigenvalue weighted by molar-refractivity contribution is 6.64. The van der Waals surface area contributed by atoms with E-state index >= 15 is 0 Å². The van der Waals surface area contributed by atoms with Gasteiger partial charge in [-0.3, -0.25) is 4.79 Å². The van der Waals surface area contributed by atoms with E-state index in [-0.39, 0.29) is 13.3 Å². The van der Waals surface area contributed by atoms with Crippen LogP contribution in [0.4, 0.5) is 0 Å². The van der Waals surface area contributed by atoms with Gasteiger partial charge < -0.3 is 15.1 Å². The summed E-state index contributed by atoms with van der Waals surface area (Å²) in [7, 11) is 0.0497. The fourth-order valence-corrected chi connectivity index (χ4v) is 1.60. The molecule has 0 radical (unpaired) electrons. The number of hydrogen-bond donors (Lipinski definition) is 2. The number of hydrogen-bond acceptors (Lipinski definition) is 3. The van der Waals surface area contributed by atoms with Crippen molar-refractivity contribution in [1.82, 2.24) is 5.23 Å². The number of carbonyl (C=O) groups is 2. The zero-order valence-corrected chi connectivity index (χ0v) is 9.09. The normalized spacial score (nSPS) is 13.8. The summed E-state index contributed by atoms with van der Waals surface area (Å²) < 4.78 is 0. The molecule has 1 aromatic carbocycles. The second-order valence-corrected chi connectivity index (χ2v) is 3.59. The molecule has 0 fully saturated rings. The zero-order chi connectivity index (χ0) is 12.0. The van der Waals surface area contributed by atoms with Gasteiger partial charge in [0.25, 0.3) is 7.41 Å². The number of carboxylic acids is 1. The molecule has 84 valence electrons. The van der Waals surface area contributed by atoms with Gasteiger partial charge in [0.2, 0.25) is 0 Å². The zero-order valence-electron chi connectivity index (χ0n) is 9.09. The highest BCUT2D eigenvalue weighted by Crippen LogP contribution is 2.18. The van der Waals surface area contributed by atoms with Crippen LogP contribution in [-0.2, 0) is 9.59 Å². The first-order chi connectivity index (χ1) is 7.66. The SMILES string of the molecule is C[C@@H](c1ccccc1)[C@H](NBC=O)C(=O)O. The van der Waals surface area contributed by atoms with Gasteiger partial charge in [-0.15, -0.1) is 0 Å². The smallest absolute Gasteiger partial charge is 0.320 e. The molecule has 2 atom stereocenters. The summed E-state index contributed by atoms with van der Waals surface area (Å²) in [6.45, 7) is 1.83. The van der Waals surface area contributed by atoms with E-state index in [2.05, 4.69) is 5.23 Å². The number of benzene rings is 1. The monoisotopic (exact) mass is 219 g/mol. The first kappa shape index (κ1) is 12.5. The van der Waals surface area contributed by atoms with Gasteiger partial charge in [-0.25, -0.2) is 0 Å². The van der Waals surface area contributed by atoms with E-state index in [0.29, 0.717) is 6.19 Å². The highest BCUT2D eigenvalue weighted by atomic mass is 16.4. The summed E-state index contributed by atoms with van der Waals surface area (Å²) in [6.07, 6.45) is 0.660. The topological polar surface area (TPSA) is 66.4 Å². The van der Waals surface area contributed by atoms with Crippen molar-refractivity contribution in [3.8, 4) is 0 Å². The Hall–Kier alpha value is -1.62. The van der Waals surface area contributed by atoms with Crippen molar-refractivity contribution in [2.75, 3.05) is 0 Å². The van der Waals surface area contributed by atoms with E-state index in [9.17, 15) is 9.59 Å². The molecule has 0 aliphatic rings. The molecule has 0 heterocycles. The fraction of sp³-hybridized carbons (Fsp3) is 0.273. The molecule has 5 heteroatoms. The van der Waals surface area contributed by atoms with Crippen LogP contribution >= 0.6 is 0 Å². The molecule has 0 unspecified atom stereocenters. The van der Waals surface area contributed by atoms with Crippen molar-refractivity contribution >= 4 is 19.6 Å². The second kappa shape index (κ2) is 6.07. The van der Waals surface area contributed by atoms with E-state index in [1.165, 1.54) is 0 Å². The molecule has 0 saturated carbocycles. The van der Waals surface area contributed by atoms with Crippen molar-refractivity contribution in [2.24, 2.45) is 0 Å². The number of rotatable bonds is 6. The van der Waals surface area contributed by atoms with E-state index in [4.69, 9.17) is 5.11 Å². The Kier molecular flexibility index (Phi) is 4.73. The Bertz CT molecular complexity index is 356. The molecule has 16 heavy (non-hydrogen) atoms. The number of carbonyl (C=O) groups excluding carboxylic acids is 1. The summed E-state index contributed by atoms with van der Waals surface area (Å²) in [5.74, 6) is -1.13. The number of carboxylic acid groups (broad SMARTS) is 1. The molecular formula is C11H14BNO3. The van der Waals surface area contributed by atoms with Gasteiger partial charge in [0.1, 0.15) is 6.04 Å². The van der Waals surface area contributed by atoms with Crippen molar-refractivity contribution in [1.29, 1.82) is 0 Å². The van der Waals surface area contributed by atoms with Crippen LogP contribution in [0.25, 0.3) is 0 Å². The van der Waals surface area contributed by atoms with Gasteiger partial charge in [-0.1, -0.05) is 37.3 Å². The lowest BCUT2D eigenvalue weighted by molar-refractivity contribution is -0.139. The minimum absolute atomic E-state index is 0.0497. The van der Waals surface area contributed by atoms with Crippen LogP contribution in [0, 0.1) is 0 Å². The molecule has 0 saturated heterocycles. The molecule has 0 bridgehead atoms. The first-order valence-corrected chi connectivity index (χ1v) is 5.11. The lowest BCUT2D eigenvalue weighted by Crippen LogP contribution is -2.43. The van der Waals surface area contributed by atoms with Crippen LogP contribution in [-0.4, -0.2) is 30.7 Å². The Morgan fingerprint density at radius 3 is 2.56 bits per heavy atom. The third-order valence-corrected chi connectivity index (χ3v) is 2.51. The summed E-state index contributed by atoms with van der Waals surface area (Å²) in [5.41, 5.74) is 0.938.